The number of rotatable bonds is 5. The Morgan fingerprint density at radius 1 is 0.952 bits per heavy atom. The molecule has 0 saturated carbocycles. The molecule has 1 atom stereocenters. The van der Waals surface area contributed by atoms with Crippen LogP contribution in [0.15, 0.2) is 73.2 Å². The molecule has 1 unspecified atom stereocenters. The van der Waals surface area contributed by atoms with Gasteiger partial charge in [-0.25, -0.2) is 18.7 Å². The van der Waals surface area contributed by atoms with Crippen LogP contribution in [0.5, 0.6) is 0 Å². The molecule has 42 heavy (non-hydrogen) atoms. The number of benzene rings is 2. The van der Waals surface area contributed by atoms with Gasteiger partial charge in [-0.1, -0.05) is 18.2 Å². The van der Waals surface area contributed by atoms with Crippen LogP contribution in [-0.2, 0) is 0 Å². The third-order valence-corrected chi connectivity index (χ3v) is 8.27. The lowest BCUT2D eigenvalue weighted by Crippen LogP contribution is -2.40. The highest BCUT2D eigenvalue weighted by Crippen LogP contribution is 2.44. The van der Waals surface area contributed by atoms with E-state index < -0.39 is 11.6 Å². The molecule has 0 amide bonds. The van der Waals surface area contributed by atoms with E-state index in [0.29, 0.717) is 30.0 Å². The fourth-order valence-electron chi connectivity index (χ4n) is 6.00. The number of imidazole rings is 1. The van der Waals surface area contributed by atoms with E-state index in [-0.39, 0.29) is 12.1 Å². The minimum absolute atomic E-state index is 0.112. The molecule has 7 nitrogen and oxygen atoms in total. The predicted octanol–water partition coefficient (Wildman–Crippen LogP) is 6.77. The number of nitrogens with two attached hydrogens (primary N) is 1. The molecule has 9 heteroatoms. The van der Waals surface area contributed by atoms with Crippen molar-refractivity contribution in [3.8, 4) is 22.5 Å². The Bertz CT molecular complexity index is 1860. The minimum atomic E-state index is -0.633. The normalized spacial score (nSPS) is 15.1. The van der Waals surface area contributed by atoms with Crippen molar-refractivity contribution in [1.29, 1.82) is 0 Å². The monoisotopic (exact) mass is 563 g/mol. The molecule has 1 saturated heterocycles. The zero-order chi connectivity index (χ0) is 29.0. The molecule has 5 heterocycles. The van der Waals surface area contributed by atoms with Gasteiger partial charge in [-0.15, -0.1) is 0 Å². The van der Waals surface area contributed by atoms with Crippen LogP contribution in [0.4, 0.5) is 14.5 Å². The van der Waals surface area contributed by atoms with E-state index >= 15 is 0 Å². The van der Waals surface area contributed by atoms with Crippen molar-refractivity contribution in [3.05, 3.63) is 96.1 Å². The summed E-state index contributed by atoms with van der Waals surface area (Å²) in [6.45, 7) is 5.54. The number of anilines is 1. The lowest BCUT2D eigenvalue weighted by atomic mass is 9.98. The quantitative estimate of drug-likeness (QED) is 0.242. The van der Waals surface area contributed by atoms with Gasteiger partial charge < -0.3 is 20.2 Å². The van der Waals surface area contributed by atoms with Gasteiger partial charge >= 0.3 is 0 Å². The molecule has 1 aliphatic heterocycles. The Hall–Kier alpha value is -4.63. The average molecular weight is 564 g/mol. The van der Waals surface area contributed by atoms with E-state index in [9.17, 15) is 8.78 Å². The summed E-state index contributed by atoms with van der Waals surface area (Å²) in [7, 11) is 0. The van der Waals surface area contributed by atoms with Gasteiger partial charge in [0.2, 0.25) is 0 Å². The number of aromatic amines is 1. The third-order valence-electron chi connectivity index (χ3n) is 8.27. The molecule has 3 N–H and O–H groups in total. The zero-order valence-electron chi connectivity index (χ0n) is 23.5. The second kappa shape index (κ2) is 10.3. The van der Waals surface area contributed by atoms with Crippen molar-refractivity contribution in [2.24, 2.45) is 5.73 Å². The van der Waals surface area contributed by atoms with Crippen molar-refractivity contribution in [3.63, 3.8) is 0 Å². The molecule has 0 aliphatic carbocycles. The molecule has 0 spiro atoms. The van der Waals surface area contributed by atoms with Crippen LogP contribution in [0.1, 0.15) is 37.1 Å². The highest BCUT2D eigenvalue weighted by Gasteiger charge is 2.28. The molecule has 2 aromatic carbocycles. The van der Waals surface area contributed by atoms with Gasteiger partial charge in [-0.05, 0) is 68.1 Å². The first kappa shape index (κ1) is 26.3. The first-order valence-corrected chi connectivity index (χ1v) is 14.2. The highest BCUT2D eigenvalue weighted by molar-refractivity contribution is 6.07. The number of pyridine rings is 2. The average Bonchev–Trinajstić information content (AvgIpc) is 3.59. The SMILES string of the molecule is Cc1ccc(C(C)n2cc(-c3nc4ccccc4[nH]3)c3c(N4CCC(N)CC4)c(-c4cc(F)cc(F)c4)cnc32)nc1. The maximum absolute atomic E-state index is 14.5. The lowest BCUT2D eigenvalue weighted by molar-refractivity contribution is 0.502. The Labute approximate surface area is 242 Å². The summed E-state index contributed by atoms with van der Waals surface area (Å²) in [5, 5.41) is 0.866. The number of hydrogen-bond donors (Lipinski definition) is 2. The van der Waals surface area contributed by atoms with Crippen molar-refractivity contribution in [2.75, 3.05) is 18.0 Å². The lowest BCUT2D eigenvalue weighted by Gasteiger charge is -2.34. The van der Waals surface area contributed by atoms with Gasteiger partial charge in [-0.2, -0.15) is 0 Å². The van der Waals surface area contributed by atoms with Gasteiger partial charge in [0, 0.05) is 54.9 Å². The predicted molar refractivity (Wildman–Crippen MR) is 162 cm³/mol. The van der Waals surface area contributed by atoms with Gasteiger partial charge in [0.15, 0.2) is 0 Å². The Kier molecular flexibility index (Phi) is 6.46. The van der Waals surface area contributed by atoms with Crippen LogP contribution in [-0.4, -0.2) is 43.6 Å². The molecule has 212 valence electrons. The Morgan fingerprint density at radius 3 is 2.43 bits per heavy atom. The van der Waals surface area contributed by atoms with E-state index in [1.165, 1.54) is 12.1 Å². The standard InChI is InChI=1S/C33H31F2N7/c1-19-7-8-27(37-16-19)20(2)42-18-26(32-39-28-5-3-4-6-29(28)40-32)30-31(41-11-9-24(36)10-12-41)25(17-38-33(30)42)21-13-22(34)15-23(35)14-21/h3-8,13-18,20,24H,9-12,36H2,1-2H3,(H,39,40). The van der Waals surface area contributed by atoms with E-state index in [1.807, 2.05) is 43.5 Å². The fraction of sp³-hybridized carbons (Fsp3) is 0.242. The van der Waals surface area contributed by atoms with Gasteiger partial charge in [0.25, 0.3) is 0 Å². The number of piperidine rings is 1. The van der Waals surface area contributed by atoms with Crippen LogP contribution in [0.3, 0.4) is 0 Å². The second-order valence-corrected chi connectivity index (χ2v) is 11.2. The first-order valence-electron chi connectivity index (χ1n) is 14.2. The second-order valence-electron chi connectivity index (χ2n) is 11.2. The van der Waals surface area contributed by atoms with Crippen LogP contribution < -0.4 is 10.6 Å². The summed E-state index contributed by atoms with van der Waals surface area (Å²) in [6, 6.07) is 15.6. The summed E-state index contributed by atoms with van der Waals surface area (Å²) < 4.78 is 31.2. The number of H-pyrrole nitrogens is 1. The summed E-state index contributed by atoms with van der Waals surface area (Å²) in [5.74, 6) is -0.569. The highest BCUT2D eigenvalue weighted by atomic mass is 19.1. The third kappa shape index (κ3) is 4.59. The fourth-order valence-corrected chi connectivity index (χ4v) is 6.00. The summed E-state index contributed by atoms with van der Waals surface area (Å²) in [4.78, 5) is 20.4. The van der Waals surface area contributed by atoms with E-state index in [2.05, 4.69) is 33.6 Å². The largest absolute Gasteiger partial charge is 0.370 e. The molecule has 0 radical (unpaired) electrons. The molecule has 1 fully saturated rings. The van der Waals surface area contributed by atoms with E-state index in [1.54, 1.807) is 6.20 Å². The van der Waals surface area contributed by atoms with E-state index in [0.717, 1.165) is 63.5 Å². The van der Waals surface area contributed by atoms with Crippen LogP contribution in [0, 0.1) is 18.6 Å². The number of hydrogen-bond acceptors (Lipinski definition) is 5. The smallest absolute Gasteiger partial charge is 0.143 e. The first-order chi connectivity index (χ1) is 20.4. The number of nitrogens with zero attached hydrogens (tertiary/aromatic N) is 5. The topological polar surface area (TPSA) is 88.7 Å². The van der Waals surface area contributed by atoms with Crippen LogP contribution in [0.25, 0.3) is 44.6 Å². The Morgan fingerprint density at radius 2 is 1.71 bits per heavy atom. The number of halogens is 2. The number of fused-ring (bicyclic) bond motifs is 2. The molecule has 1 aliphatic rings. The minimum Gasteiger partial charge on any atom is -0.370 e. The zero-order valence-corrected chi connectivity index (χ0v) is 23.5. The van der Waals surface area contributed by atoms with Crippen molar-refractivity contribution in [1.82, 2.24) is 24.5 Å². The molecule has 7 rings (SSSR count). The van der Waals surface area contributed by atoms with Gasteiger partial charge in [0.1, 0.15) is 23.1 Å². The number of para-hydroxylation sites is 2. The number of nitrogens with one attached hydrogen (secondary N) is 1. The number of aryl methyl sites for hydroxylation is 1. The maximum Gasteiger partial charge on any atom is 0.143 e. The number of aromatic nitrogens is 5. The van der Waals surface area contributed by atoms with Crippen molar-refractivity contribution < 1.29 is 8.78 Å². The summed E-state index contributed by atoms with van der Waals surface area (Å²) >= 11 is 0. The Balaban J connectivity index is 1.54. The molecule has 4 aromatic heterocycles. The molecule has 0 bridgehead atoms. The van der Waals surface area contributed by atoms with Gasteiger partial charge in [-0.3, -0.25) is 4.98 Å². The van der Waals surface area contributed by atoms with Crippen LogP contribution >= 0.6 is 0 Å². The van der Waals surface area contributed by atoms with E-state index in [4.69, 9.17) is 20.7 Å². The molecule has 6 aromatic rings. The van der Waals surface area contributed by atoms with Crippen LogP contribution in [0.2, 0.25) is 0 Å². The summed E-state index contributed by atoms with van der Waals surface area (Å²) in [5.41, 5.74) is 13.6. The summed E-state index contributed by atoms with van der Waals surface area (Å²) in [6.07, 6.45) is 7.28. The van der Waals surface area contributed by atoms with Gasteiger partial charge in [0.05, 0.1) is 33.8 Å². The van der Waals surface area contributed by atoms with Crippen molar-refractivity contribution >= 4 is 27.8 Å². The molecular weight excluding hydrogens is 532 g/mol. The maximum atomic E-state index is 14.5. The molecular formula is C33H31F2N7. The van der Waals surface area contributed by atoms with Crippen molar-refractivity contribution in [2.45, 2.75) is 38.8 Å².